The number of aromatic nitrogens is 1. The van der Waals surface area contributed by atoms with Crippen molar-refractivity contribution in [2.45, 2.75) is 44.6 Å². The second-order valence-electron chi connectivity index (χ2n) is 6.62. The summed E-state index contributed by atoms with van der Waals surface area (Å²) in [5.74, 6) is 1.05. The van der Waals surface area contributed by atoms with Crippen LogP contribution >= 0.6 is 0 Å². The molecular formula is C19H22N2O4. The summed E-state index contributed by atoms with van der Waals surface area (Å²) in [6.07, 6.45) is 5.20. The smallest absolute Gasteiger partial charge is 0.289 e. The number of ether oxygens (including phenoxy) is 2. The predicted octanol–water partition coefficient (Wildman–Crippen LogP) is 2.57. The number of rotatable bonds is 4. The van der Waals surface area contributed by atoms with Gasteiger partial charge in [-0.25, -0.2) is 0 Å². The molecule has 0 unspecified atom stereocenters. The Labute approximate surface area is 146 Å². The van der Waals surface area contributed by atoms with Crippen molar-refractivity contribution < 1.29 is 18.7 Å². The molecule has 0 N–H and O–H groups in total. The first-order valence-electron chi connectivity index (χ1n) is 8.72. The van der Waals surface area contributed by atoms with Crippen LogP contribution in [-0.2, 0) is 16.1 Å². The molecule has 2 aliphatic rings. The number of fused-ring (bicyclic) bond motifs is 1. The van der Waals surface area contributed by atoms with E-state index in [-0.39, 0.29) is 24.2 Å². The highest BCUT2D eigenvalue weighted by Crippen LogP contribution is 2.32. The van der Waals surface area contributed by atoms with E-state index in [1.165, 1.54) is 0 Å². The van der Waals surface area contributed by atoms with Gasteiger partial charge in [-0.05, 0) is 49.6 Å². The Morgan fingerprint density at radius 1 is 1.32 bits per heavy atom. The molecule has 2 aliphatic heterocycles. The average Bonchev–Trinajstić information content (AvgIpc) is 3.24. The molecule has 2 aromatic heterocycles. The van der Waals surface area contributed by atoms with Crippen LogP contribution in [0.2, 0.25) is 0 Å². The molecule has 0 aromatic carbocycles. The average molecular weight is 342 g/mol. The Bertz CT molecular complexity index is 730. The maximum atomic E-state index is 12.8. The number of hydrogen-bond acceptors (Lipinski definition) is 5. The van der Waals surface area contributed by atoms with Gasteiger partial charge in [0, 0.05) is 19.0 Å². The van der Waals surface area contributed by atoms with E-state index in [4.69, 9.17) is 13.9 Å². The van der Waals surface area contributed by atoms with Crippen molar-refractivity contribution in [3.8, 4) is 0 Å². The number of pyridine rings is 1. The SMILES string of the molecule is Cc1ccc(C(=O)N2C[C@@H](OCc3ccncc3)[C@H]3OCCC[C@H]32)o1. The second kappa shape index (κ2) is 6.98. The zero-order valence-electron chi connectivity index (χ0n) is 14.3. The van der Waals surface area contributed by atoms with Gasteiger partial charge in [0.25, 0.3) is 5.91 Å². The summed E-state index contributed by atoms with van der Waals surface area (Å²) >= 11 is 0. The lowest BCUT2D eigenvalue weighted by Gasteiger charge is -2.31. The van der Waals surface area contributed by atoms with Crippen LogP contribution in [0.15, 0.2) is 41.1 Å². The highest BCUT2D eigenvalue weighted by atomic mass is 16.5. The maximum Gasteiger partial charge on any atom is 0.289 e. The molecule has 2 saturated heterocycles. The third-order valence-electron chi connectivity index (χ3n) is 4.90. The van der Waals surface area contributed by atoms with Crippen LogP contribution in [-0.4, -0.2) is 47.2 Å². The maximum absolute atomic E-state index is 12.8. The molecule has 2 fully saturated rings. The molecule has 0 aliphatic carbocycles. The van der Waals surface area contributed by atoms with Crippen molar-refractivity contribution in [2.75, 3.05) is 13.2 Å². The standard InChI is InChI=1S/C19H22N2O4/c1-13-4-5-16(25-13)19(22)21-11-17(18-15(21)3-2-10-23-18)24-12-14-6-8-20-9-7-14/h4-9,15,17-18H,2-3,10-12H2,1H3/t15-,17-,18+/m1/s1. The second-order valence-corrected chi connectivity index (χ2v) is 6.62. The first-order valence-corrected chi connectivity index (χ1v) is 8.72. The van der Waals surface area contributed by atoms with Crippen LogP contribution in [0.25, 0.3) is 0 Å². The Balaban J connectivity index is 1.48. The van der Waals surface area contributed by atoms with Gasteiger partial charge in [-0.3, -0.25) is 9.78 Å². The minimum absolute atomic E-state index is 0.0501. The lowest BCUT2D eigenvalue weighted by molar-refractivity contribution is -0.0810. The fourth-order valence-electron chi connectivity index (χ4n) is 3.66. The van der Waals surface area contributed by atoms with E-state index < -0.39 is 0 Å². The molecule has 3 atom stereocenters. The molecule has 0 bridgehead atoms. The molecule has 4 heterocycles. The first-order chi connectivity index (χ1) is 12.2. The van der Waals surface area contributed by atoms with E-state index in [2.05, 4.69) is 4.98 Å². The van der Waals surface area contributed by atoms with Crippen molar-refractivity contribution in [1.29, 1.82) is 0 Å². The van der Waals surface area contributed by atoms with Crippen LogP contribution in [0.4, 0.5) is 0 Å². The summed E-state index contributed by atoms with van der Waals surface area (Å²) in [5, 5.41) is 0. The molecule has 2 aromatic rings. The normalized spacial score (nSPS) is 25.8. The molecular weight excluding hydrogens is 320 g/mol. The molecule has 25 heavy (non-hydrogen) atoms. The van der Waals surface area contributed by atoms with Gasteiger partial charge in [0.15, 0.2) is 5.76 Å². The van der Waals surface area contributed by atoms with Crippen molar-refractivity contribution in [2.24, 2.45) is 0 Å². The highest BCUT2D eigenvalue weighted by Gasteiger charge is 2.47. The van der Waals surface area contributed by atoms with E-state index >= 15 is 0 Å². The van der Waals surface area contributed by atoms with E-state index in [0.29, 0.717) is 18.9 Å². The van der Waals surface area contributed by atoms with Gasteiger partial charge in [0.05, 0.1) is 19.2 Å². The van der Waals surface area contributed by atoms with Crippen LogP contribution in [0.1, 0.15) is 34.7 Å². The molecule has 6 nitrogen and oxygen atoms in total. The van der Waals surface area contributed by atoms with Crippen molar-refractivity contribution in [1.82, 2.24) is 9.88 Å². The summed E-state index contributed by atoms with van der Waals surface area (Å²) < 4.78 is 17.6. The topological polar surface area (TPSA) is 64.8 Å². The molecule has 0 saturated carbocycles. The fraction of sp³-hybridized carbons (Fsp3) is 0.474. The minimum atomic E-state index is -0.126. The van der Waals surface area contributed by atoms with Gasteiger partial charge in [-0.15, -0.1) is 0 Å². The van der Waals surface area contributed by atoms with Crippen LogP contribution < -0.4 is 0 Å². The van der Waals surface area contributed by atoms with E-state index in [9.17, 15) is 4.79 Å². The molecule has 6 heteroatoms. The summed E-state index contributed by atoms with van der Waals surface area (Å²) in [7, 11) is 0. The molecule has 0 radical (unpaired) electrons. The van der Waals surface area contributed by atoms with E-state index in [0.717, 1.165) is 30.8 Å². The zero-order valence-corrected chi connectivity index (χ0v) is 14.3. The Kier molecular flexibility index (Phi) is 4.55. The number of carbonyl (C=O) groups excluding carboxylic acids is 1. The van der Waals surface area contributed by atoms with Gasteiger partial charge >= 0.3 is 0 Å². The Morgan fingerprint density at radius 2 is 2.16 bits per heavy atom. The van der Waals surface area contributed by atoms with Crippen LogP contribution in [0.5, 0.6) is 0 Å². The number of aryl methyl sites for hydroxylation is 1. The quantitative estimate of drug-likeness (QED) is 0.854. The van der Waals surface area contributed by atoms with Gasteiger partial charge in [-0.2, -0.15) is 0 Å². The number of likely N-dealkylation sites (tertiary alicyclic amines) is 1. The van der Waals surface area contributed by atoms with E-state index in [1.807, 2.05) is 30.0 Å². The lowest BCUT2D eigenvalue weighted by Crippen LogP contribution is -2.43. The van der Waals surface area contributed by atoms with E-state index in [1.54, 1.807) is 18.5 Å². The molecule has 1 amide bonds. The number of hydrogen-bond donors (Lipinski definition) is 0. The Hall–Kier alpha value is -2.18. The highest BCUT2D eigenvalue weighted by molar-refractivity contribution is 5.92. The number of amides is 1. The van der Waals surface area contributed by atoms with Gasteiger partial charge < -0.3 is 18.8 Å². The molecule has 0 spiro atoms. The monoisotopic (exact) mass is 342 g/mol. The summed E-state index contributed by atoms with van der Waals surface area (Å²) in [6, 6.07) is 7.47. The largest absolute Gasteiger partial charge is 0.456 e. The predicted molar refractivity (Wildman–Crippen MR) is 90.1 cm³/mol. The number of furan rings is 1. The lowest BCUT2D eigenvalue weighted by atomic mass is 10.0. The number of nitrogens with zero attached hydrogens (tertiary/aromatic N) is 2. The summed E-state index contributed by atoms with van der Waals surface area (Å²) in [6.45, 7) is 3.58. The van der Waals surface area contributed by atoms with Crippen LogP contribution in [0.3, 0.4) is 0 Å². The summed E-state index contributed by atoms with van der Waals surface area (Å²) in [4.78, 5) is 18.7. The molecule has 132 valence electrons. The van der Waals surface area contributed by atoms with Crippen molar-refractivity contribution in [3.63, 3.8) is 0 Å². The van der Waals surface area contributed by atoms with Crippen molar-refractivity contribution in [3.05, 3.63) is 53.7 Å². The van der Waals surface area contributed by atoms with Gasteiger partial charge in [0.1, 0.15) is 18.0 Å². The summed E-state index contributed by atoms with van der Waals surface area (Å²) in [5.41, 5.74) is 1.06. The zero-order chi connectivity index (χ0) is 17.2. The number of carbonyl (C=O) groups is 1. The van der Waals surface area contributed by atoms with Crippen molar-refractivity contribution >= 4 is 5.91 Å². The van der Waals surface area contributed by atoms with Gasteiger partial charge in [0.2, 0.25) is 0 Å². The van der Waals surface area contributed by atoms with Crippen LogP contribution in [0, 0.1) is 6.92 Å². The fourth-order valence-corrected chi connectivity index (χ4v) is 3.66. The Morgan fingerprint density at radius 3 is 2.92 bits per heavy atom. The van der Waals surface area contributed by atoms with Gasteiger partial charge in [-0.1, -0.05) is 0 Å². The molecule has 4 rings (SSSR count). The third-order valence-corrected chi connectivity index (χ3v) is 4.90. The minimum Gasteiger partial charge on any atom is -0.456 e. The first kappa shape index (κ1) is 16.3. The third kappa shape index (κ3) is 3.32.